The first-order valence-corrected chi connectivity index (χ1v) is 13.1. The molecule has 11 heteroatoms. The summed E-state index contributed by atoms with van der Waals surface area (Å²) in [7, 11) is 0. The number of hydrogen-bond donors (Lipinski definition) is 4. The molecular formula is C30H32N6O5. The maximum Gasteiger partial charge on any atom is 0.407 e. The third kappa shape index (κ3) is 9.20. The van der Waals surface area contributed by atoms with Gasteiger partial charge in [-0.2, -0.15) is 4.98 Å². The van der Waals surface area contributed by atoms with Gasteiger partial charge in [-0.1, -0.05) is 60.7 Å². The minimum Gasteiger partial charge on any atom is -0.481 e. The fourth-order valence-electron chi connectivity index (χ4n) is 4.07. The second kappa shape index (κ2) is 14.3. The summed E-state index contributed by atoms with van der Waals surface area (Å²) in [5.41, 5.74) is 3.04. The van der Waals surface area contributed by atoms with Crippen molar-refractivity contribution in [2.75, 3.05) is 10.6 Å². The van der Waals surface area contributed by atoms with Crippen LogP contribution >= 0.6 is 0 Å². The third-order valence-corrected chi connectivity index (χ3v) is 6.17. The molecule has 212 valence electrons. The Balaban J connectivity index is 1.32. The Bertz CT molecular complexity index is 1490. The summed E-state index contributed by atoms with van der Waals surface area (Å²) in [4.78, 5) is 44.9. The monoisotopic (exact) mass is 556 g/mol. The van der Waals surface area contributed by atoms with Crippen molar-refractivity contribution in [1.29, 1.82) is 0 Å². The molecule has 0 bridgehead atoms. The second-order valence-corrected chi connectivity index (χ2v) is 9.45. The smallest absolute Gasteiger partial charge is 0.407 e. The molecule has 4 N–H and O–H groups in total. The summed E-state index contributed by atoms with van der Waals surface area (Å²) < 4.78 is 6.49. The van der Waals surface area contributed by atoms with Crippen molar-refractivity contribution in [3.8, 4) is 0 Å². The van der Waals surface area contributed by atoms with Crippen LogP contribution in [-0.4, -0.2) is 37.7 Å². The van der Waals surface area contributed by atoms with Gasteiger partial charge in [-0.05, 0) is 35.7 Å². The van der Waals surface area contributed by atoms with Gasteiger partial charge in [0.15, 0.2) is 0 Å². The molecule has 0 fully saturated rings. The zero-order chi connectivity index (χ0) is 29.0. The Hall–Kier alpha value is -5.19. The molecule has 4 aromatic rings. The number of amides is 1. The molecule has 0 aliphatic carbocycles. The summed E-state index contributed by atoms with van der Waals surface area (Å²) in [6, 6.07) is 22.0. The number of anilines is 2. The Morgan fingerprint density at radius 1 is 0.927 bits per heavy atom. The molecule has 2 aromatic carbocycles. The molecule has 0 aliphatic rings. The van der Waals surface area contributed by atoms with Gasteiger partial charge in [0.1, 0.15) is 18.2 Å². The lowest BCUT2D eigenvalue weighted by Gasteiger charge is -2.19. The Morgan fingerprint density at radius 2 is 1.61 bits per heavy atom. The molecule has 1 atom stereocenters. The van der Waals surface area contributed by atoms with E-state index >= 15 is 0 Å². The van der Waals surface area contributed by atoms with E-state index in [1.807, 2.05) is 72.8 Å². The number of aliphatic carboxylic acids is 1. The van der Waals surface area contributed by atoms with Crippen LogP contribution in [0.1, 0.15) is 28.7 Å². The highest BCUT2D eigenvalue weighted by Gasteiger charge is 2.19. The van der Waals surface area contributed by atoms with E-state index in [9.17, 15) is 19.5 Å². The lowest BCUT2D eigenvalue weighted by Crippen LogP contribution is -2.42. The lowest BCUT2D eigenvalue weighted by molar-refractivity contribution is -0.137. The lowest BCUT2D eigenvalue weighted by atomic mass is 10.1. The number of nitrogens with zero attached hydrogens (tertiary/aromatic N) is 3. The van der Waals surface area contributed by atoms with Gasteiger partial charge in [-0.3, -0.25) is 9.36 Å². The first kappa shape index (κ1) is 28.8. The number of rotatable bonds is 13. The van der Waals surface area contributed by atoms with Crippen LogP contribution in [0.4, 0.5) is 16.4 Å². The molecule has 0 saturated heterocycles. The predicted molar refractivity (Wildman–Crippen MR) is 154 cm³/mol. The summed E-state index contributed by atoms with van der Waals surface area (Å²) in [6.07, 6.45) is 2.17. The Labute approximate surface area is 237 Å². The zero-order valence-corrected chi connectivity index (χ0v) is 22.6. The van der Waals surface area contributed by atoms with Crippen molar-refractivity contribution in [3.63, 3.8) is 0 Å². The highest BCUT2D eigenvalue weighted by atomic mass is 16.5. The zero-order valence-electron chi connectivity index (χ0n) is 22.6. The minimum atomic E-state index is -1.12. The first-order valence-electron chi connectivity index (χ1n) is 13.1. The fraction of sp³-hybridized carbons (Fsp3) is 0.233. The normalized spacial score (nSPS) is 11.3. The quantitative estimate of drug-likeness (QED) is 0.192. The first-order chi connectivity index (χ1) is 19.9. The van der Waals surface area contributed by atoms with E-state index in [1.54, 1.807) is 19.3 Å². The van der Waals surface area contributed by atoms with Gasteiger partial charge in [0.2, 0.25) is 0 Å². The van der Waals surface area contributed by atoms with Crippen LogP contribution in [0.2, 0.25) is 0 Å². The Kier molecular flexibility index (Phi) is 10.0. The molecule has 41 heavy (non-hydrogen) atoms. The predicted octanol–water partition coefficient (Wildman–Crippen LogP) is 3.94. The number of benzene rings is 2. The van der Waals surface area contributed by atoms with E-state index in [-0.39, 0.29) is 19.6 Å². The molecular weight excluding hydrogens is 524 g/mol. The summed E-state index contributed by atoms with van der Waals surface area (Å²) >= 11 is 0. The molecule has 0 saturated carbocycles. The summed E-state index contributed by atoms with van der Waals surface area (Å²) in [6.45, 7) is 2.87. The maximum absolute atomic E-state index is 12.8. The number of nitrogens with one attached hydrogen (secondary N) is 3. The van der Waals surface area contributed by atoms with Crippen LogP contribution in [0.15, 0.2) is 90.0 Å². The second-order valence-electron chi connectivity index (χ2n) is 9.45. The number of hydrogen-bond acceptors (Lipinski definition) is 8. The number of carboxylic acids is 1. The number of carboxylic acid groups (broad SMARTS) is 1. The number of alkyl carbamates (subject to hydrolysis) is 1. The van der Waals surface area contributed by atoms with E-state index in [1.165, 1.54) is 4.57 Å². The number of aryl methyl sites for hydroxylation is 1. The molecule has 1 amide bonds. The summed E-state index contributed by atoms with van der Waals surface area (Å²) in [5, 5.41) is 18.3. The molecule has 0 spiro atoms. The number of aromatic nitrogens is 3. The van der Waals surface area contributed by atoms with Crippen LogP contribution in [0.25, 0.3) is 0 Å². The van der Waals surface area contributed by atoms with Gasteiger partial charge < -0.3 is 25.8 Å². The summed E-state index contributed by atoms with van der Waals surface area (Å²) in [5.74, 6) is 0.118. The molecule has 2 aromatic heterocycles. The van der Waals surface area contributed by atoms with Crippen molar-refractivity contribution in [3.05, 3.63) is 118 Å². The highest BCUT2D eigenvalue weighted by Crippen LogP contribution is 2.13. The van der Waals surface area contributed by atoms with Gasteiger partial charge in [0, 0.05) is 37.6 Å². The van der Waals surface area contributed by atoms with Crippen LogP contribution in [-0.2, 0) is 35.8 Å². The average molecular weight is 557 g/mol. The van der Waals surface area contributed by atoms with Gasteiger partial charge >= 0.3 is 17.8 Å². The number of carbonyl (C=O) groups excluding carboxylic acids is 1. The van der Waals surface area contributed by atoms with Crippen molar-refractivity contribution in [2.24, 2.45) is 0 Å². The standard InChI is InChI=1S/C30H32N6O5/c1-21-18-36(19-25(15-27(37)38)34-30(40)41-20-24-7-3-2-4-8-24)29(39)35-28(21)33-17-23-12-10-22(11-13-23)16-32-26-9-5-6-14-31-26/h2-14,18,25H,15-17,19-20H2,1H3,(H,31,32)(H,34,40)(H,37,38)(H,33,35,39). The van der Waals surface area contributed by atoms with Crippen molar-refractivity contribution < 1.29 is 19.4 Å². The van der Waals surface area contributed by atoms with E-state index in [0.717, 1.165) is 22.5 Å². The van der Waals surface area contributed by atoms with E-state index in [0.29, 0.717) is 24.5 Å². The Morgan fingerprint density at radius 3 is 2.27 bits per heavy atom. The van der Waals surface area contributed by atoms with Gasteiger partial charge in [0.05, 0.1) is 12.5 Å². The van der Waals surface area contributed by atoms with Crippen molar-refractivity contribution in [1.82, 2.24) is 19.9 Å². The minimum absolute atomic E-state index is 0.0399. The number of ether oxygens (including phenoxy) is 1. The average Bonchev–Trinajstić information content (AvgIpc) is 2.97. The largest absolute Gasteiger partial charge is 0.481 e. The van der Waals surface area contributed by atoms with Crippen molar-refractivity contribution >= 4 is 23.7 Å². The molecule has 0 radical (unpaired) electrons. The van der Waals surface area contributed by atoms with Gasteiger partial charge in [0.25, 0.3) is 0 Å². The van der Waals surface area contributed by atoms with Crippen LogP contribution in [0, 0.1) is 6.92 Å². The van der Waals surface area contributed by atoms with Crippen LogP contribution in [0.3, 0.4) is 0 Å². The molecule has 1 unspecified atom stereocenters. The topological polar surface area (TPSA) is 147 Å². The van der Waals surface area contributed by atoms with Crippen LogP contribution < -0.4 is 21.6 Å². The molecule has 2 heterocycles. The third-order valence-electron chi connectivity index (χ3n) is 6.17. The highest BCUT2D eigenvalue weighted by molar-refractivity contribution is 5.71. The van der Waals surface area contributed by atoms with Gasteiger partial charge in [-0.15, -0.1) is 0 Å². The maximum atomic E-state index is 12.8. The number of pyridine rings is 1. The van der Waals surface area contributed by atoms with Crippen LogP contribution in [0.5, 0.6) is 0 Å². The van der Waals surface area contributed by atoms with E-state index in [4.69, 9.17) is 4.74 Å². The van der Waals surface area contributed by atoms with Crippen molar-refractivity contribution in [2.45, 2.75) is 45.6 Å². The molecule has 11 nitrogen and oxygen atoms in total. The molecule has 4 rings (SSSR count). The van der Waals surface area contributed by atoms with E-state index < -0.39 is 23.8 Å². The fourth-order valence-corrected chi connectivity index (χ4v) is 4.07. The SMILES string of the molecule is Cc1cn(CC(CC(=O)O)NC(=O)OCc2ccccc2)c(=O)nc1NCc1ccc(CNc2ccccn2)cc1. The molecule has 0 aliphatic heterocycles. The van der Waals surface area contributed by atoms with E-state index in [2.05, 4.69) is 25.9 Å². The van der Waals surface area contributed by atoms with Gasteiger partial charge in [-0.25, -0.2) is 14.6 Å². The number of carbonyl (C=O) groups is 2.